The van der Waals surface area contributed by atoms with Crippen LogP contribution in [-0.2, 0) is 60.7 Å². The van der Waals surface area contributed by atoms with E-state index in [1.165, 1.54) is 37.3 Å². The number of carbonyl (C=O) groups is 7. The molecule has 0 spiro atoms. The molecular formula is C71H73ClF6N2O24. The number of halogens is 7. The van der Waals surface area contributed by atoms with E-state index in [0.29, 0.717) is 112 Å². The summed E-state index contributed by atoms with van der Waals surface area (Å²) in [5, 5.41) is 20.9. The number of alkyl halides is 6. The van der Waals surface area contributed by atoms with Gasteiger partial charge in [0.2, 0.25) is 0 Å². The third-order valence-electron chi connectivity index (χ3n) is 15.2. The monoisotopic (exact) mass is 1490 g/mol. The molecule has 0 aromatic heterocycles. The summed E-state index contributed by atoms with van der Waals surface area (Å²) in [7, 11) is 0. The number of Topliss-reactive ketones (excluding diaryl/α,β-unsaturated/α-hetero) is 1. The van der Waals surface area contributed by atoms with Crippen LogP contribution in [0.2, 0.25) is 0 Å². The number of amides is 1. The summed E-state index contributed by atoms with van der Waals surface area (Å²) in [6.07, 6.45) is 0.730. The number of aliphatic hydroxyl groups is 1. The van der Waals surface area contributed by atoms with Crippen LogP contribution in [0, 0.1) is 0 Å². The molecule has 6 aromatic carbocycles. The Labute approximate surface area is 596 Å². The van der Waals surface area contributed by atoms with Crippen LogP contribution in [0.25, 0.3) is 0 Å². The first-order valence-electron chi connectivity index (χ1n) is 32.5. The van der Waals surface area contributed by atoms with Crippen LogP contribution in [0.3, 0.4) is 0 Å². The Hall–Kier alpha value is -10.6. The summed E-state index contributed by atoms with van der Waals surface area (Å²) in [4.78, 5) is 79.3. The van der Waals surface area contributed by atoms with Gasteiger partial charge in [-0.1, -0.05) is 18.2 Å². The molecule has 7 aliphatic heterocycles. The molecule has 0 radical (unpaired) electrons. The summed E-state index contributed by atoms with van der Waals surface area (Å²) < 4.78 is 161. The first-order chi connectivity index (χ1) is 49.8. The fourth-order valence-electron chi connectivity index (χ4n) is 10.2. The number of benzene rings is 6. The van der Waals surface area contributed by atoms with Crippen LogP contribution < -0.4 is 62.2 Å². The Balaban J connectivity index is 0.000000170. The van der Waals surface area contributed by atoms with Gasteiger partial charge in [0, 0.05) is 28.8 Å². The van der Waals surface area contributed by atoms with E-state index >= 15 is 8.78 Å². The molecule has 0 bridgehead atoms. The van der Waals surface area contributed by atoms with E-state index < -0.39 is 87.4 Å². The van der Waals surface area contributed by atoms with Crippen LogP contribution in [0.5, 0.6) is 69.0 Å². The highest BCUT2D eigenvalue weighted by Gasteiger charge is 2.46. The predicted molar refractivity (Wildman–Crippen MR) is 352 cm³/mol. The fourth-order valence-corrected chi connectivity index (χ4v) is 10.2. The molecule has 2 atom stereocenters. The molecule has 7 heterocycles. The Morgan fingerprint density at radius 1 is 0.452 bits per heavy atom. The van der Waals surface area contributed by atoms with Gasteiger partial charge in [0.05, 0.1) is 25.9 Å². The number of carboxylic acid groups (broad SMARTS) is 1. The fraction of sp³-hybridized carbons (Fsp3) is 0.394. The Morgan fingerprint density at radius 2 is 0.798 bits per heavy atom. The highest BCUT2D eigenvalue weighted by molar-refractivity contribution is 6.80. The van der Waals surface area contributed by atoms with Crippen molar-refractivity contribution in [3.8, 4) is 69.0 Å². The van der Waals surface area contributed by atoms with Gasteiger partial charge in [-0.3, -0.25) is 14.4 Å². The average Bonchev–Trinajstić information content (AvgIpc) is 0.900. The molecule has 33 heteroatoms. The van der Waals surface area contributed by atoms with Crippen LogP contribution >= 0.6 is 11.6 Å². The standard InChI is InChI=1S/C25H28F2N2O6.C12H12F2O4.C12H12O5.C10H8F2O4.C8H8O2.C4H5ClO3/c26-25(27,17-4-6-20-22(14-17)35-12-10-33-20)24(31)28-18(15-29-7-1-2-8-29)23(30)16-3-5-19-21(13-16)34-11-9-32-19;1-2-16-11(15)12(13,14)8-3-4-9-10(7-8)18-6-5-17-9;1-2-15-12(14)11(13)8-3-4-9-10(7-8)17-6-5-16-9;11-10(12,9(13)14)6-1-2-7-8(5-6)16-4-3-15-7;1-2-4-8-7(3-1)9-5-6-10-8;1-2-8-4(7)3(5)6/h3-6,13-14,18,23,30H,1-2,7-12,15H2,(H,28,31);3-4,7H,2,5-6H2,1H3;3-4,7H,2,5-6H2,1H3;1-2,5H,3-4H2,(H,13,14);1-4H,5-6H2;2H2,1H3/t18-,23-;;;;;/m1...../s1. The van der Waals surface area contributed by atoms with E-state index in [9.17, 15) is 56.2 Å². The number of aliphatic carboxylic acids is 1. The van der Waals surface area contributed by atoms with Gasteiger partial charge in [-0.25, -0.2) is 19.2 Å². The Kier molecular flexibility index (Phi) is 28.6. The third-order valence-corrected chi connectivity index (χ3v) is 15.4. The quantitative estimate of drug-likeness (QED) is 0.0191. The molecule has 1 fully saturated rings. The summed E-state index contributed by atoms with van der Waals surface area (Å²) >= 11 is 4.69. The Bertz CT molecular complexity index is 3950. The van der Waals surface area contributed by atoms with E-state index in [1.54, 1.807) is 38.1 Å². The molecule has 0 saturated carbocycles. The van der Waals surface area contributed by atoms with Crippen molar-refractivity contribution < 1.29 is 141 Å². The van der Waals surface area contributed by atoms with Crippen molar-refractivity contribution in [2.24, 2.45) is 0 Å². The number of ether oxygens (including phenoxy) is 15. The first kappa shape index (κ1) is 79.1. The van der Waals surface area contributed by atoms with Gasteiger partial charge in [0.25, 0.3) is 11.7 Å². The molecular weight excluding hydrogens is 1410 g/mol. The minimum Gasteiger partial charge on any atom is -0.486 e. The second-order valence-corrected chi connectivity index (χ2v) is 22.6. The zero-order valence-corrected chi connectivity index (χ0v) is 57.0. The lowest BCUT2D eigenvalue weighted by Gasteiger charge is -2.31. The van der Waals surface area contributed by atoms with Gasteiger partial charge in [-0.15, -0.1) is 0 Å². The highest BCUT2D eigenvalue weighted by Crippen LogP contribution is 2.42. The van der Waals surface area contributed by atoms with Crippen molar-refractivity contribution in [2.75, 3.05) is 119 Å². The molecule has 26 nitrogen and oxygen atoms in total. The number of ketones is 1. The van der Waals surface area contributed by atoms with Crippen LogP contribution in [0.1, 0.15) is 72.3 Å². The average molecular weight is 1490 g/mol. The maximum atomic E-state index is 15.2. The molecule has 13 rings (SSSR count). The number of rotatable bonds is 17. The normalized spacial score (nSPS) is 15.3. The number of hydrogen-bond donors (Lipinski definition) is 3. The number of hydrogen-bond acceptors (Lipinski definition) is 24. The lowest BCUT2D eigenvalue weighted by atomic mass is 9.99. The number of nitrogens with one attached hydrogen (secondary N) is 1. The van der Waals surface area contributed by atoms with Gasteiger partial charge in [0.15, 0.2) is 69.0 Å². The summed E-state index contributed by atoms with van der Waals surface area (Å²) in [5.41, 5.74) is -0.906. The van der Waals surface area contributed by atoms with Crippen molar-refractivity contribution in [3.05, 3.63) is 143 Å². The van der Waals surface area contributed by atoms with Crippen LogP contribution in [0.4, 0.5) is 26.3 Å². The lowest BCUT2D eigenvalue weighted by molar-refractivity contribution is -0.173. The topological polar surface area (TPSA) is 314 Å². The zero-order chi connectivity index (χ0) is 75.0. The molecule has 0 aliphatic carbocycles. The van der Waals surface area contributed by atoms with Gasteiger partial charge in [0.1, 0.15) is 85.4 Å². The van der Waals surface area contributed by atoms with E-state index in [1.807, 2.05) is 24.3 Å². The molecule has 6 aromatic rings. The molecule has 1 amide bonds. The predicted octanol–water partition coefficient (Wildman–Crippen LogP) is 9.36. The number of fused-ring (bicyclic) bond motifs is 6. The number of esters is 3. The maximum absolute atomic E-state index is 15.2. The summed E-state index contributed by atoms with van der Waals surface area (Å²) in [6.45, 7) is 11.7. The third kappa shape index (κ3) is 21.3. The number of aliphatic hydroxyl groups excluding tert-OH is 1. The number of carboxylic acids is 1. The van der Waals surface area contributed by atoms with Crippen molar-refractivity contribution in [1.29, 1.82) is 0 Å². The summed E-state index contributed by atoms with van der Waals surface area (Å²) in [5.74, 6) is -13.8. The molecule has 104 heavy (non-hydrogen) atoms. The van der Waals surface area contributed by atoms with Crippen molar-refractivity contribution >= 4 is 52.4 Å². The van der Waals surface area contributed by atoms with E-state index in [4.69, 9.17) is 73.5 Å². The van der Waals surface area contributed by atoms with Gasteiger partial charge in [-0.2, -0.15) is 26.3 Å². The molecule has 560 valence electrons. The van der Waals surface area contributed by atoms with Gasteiger partial charge in [-0.05, 0) is 161 Å². The highest BCUT2D eigenvalue weighted by atomic mass is 35.5. The van der Waals surface area contributed by atoms with Crippen LogP contribution in [0.15, 0.2) is 115 Å². The number of carbonyl (C=O) groups excluding carboxylic acids is 6. The number of likely N-dealkylation sites (tertiary alicyclic amines) is 1. The minimum absolute atomic E-state index is 0.0982. The minimum atomic E-state index is -3.92. The number of para-hydroxylation sites is 2. The summed E-state index contributed by atoms with van der Waals surface area (Å²) in [6, 6.07) is 26.8. The Morgan fingerprint density at radius 3 is 1.19 bits per heavy atom. The molecule has 1 saturated heterocycles. The van der Waals surface area contributed by atoms with E-state index in [0.717, 1.165) is 73.8 Å². The SMILES string of the molecule is CCOC(=O)C(=O)Cl.CCOC(=O)C(=O)c1ccc2c(c1)OCCO2.CCOC(=O)C(F)(F)c1ccc2c(c1)OCCO2.O=C(N[C@H](CN1CCCC1)[C@H](O)c1ccc2c(c1)OCCO2)C(F)(F)c1ccc2c(c1)OCCO2.O=C(O)C(F)(F)c1ccc2c(c1)OCCO2.c1ccc2c(c1)OCCO2. The van der Waals surface area contributed by atoms with Crippen molar-refractivity contribution in [3.63, 3.8) is 0 Å². The van der Waals surface area contributed by atoms with Crippen molar-refractivity contribution in [1.82, 2.24) is 10.2 Å². The van der Waals surface area contributed by atoms with Crippen molar-refractivity contribution in [2.45, 2.75) is 63.5 Å². The second kappa shape index (κ2) is 37.5. The smallest absolute Gasteiger partial charge is 0.391 e. The molecule has 3 N–H and O–H groups in total. The maximum Gasteiger partial charge on any atom is 0.391 e. The lowest BCUT2D eigenvalue weighted by Crippen LogP contribution is -2.51. The van der Waals surface area contributed by atoms with Crippen LogP contribution in [-0.4, -0.2) is 181 Å². The largest absolute Gasteiger partial charge is 0.486 e. The molecule has 7 aliphatic rings. The molecule has 0 unspecified atom stereocenters. The van der Waals surface area contributed by atoms with Gasteiger partial charge >= 0.3 is 46.9 Å². The number of nitrogens with zero attached hydrogens (tertiary/aromatic N) is 1. The first-order valence-corrected chi connectivity index (χ1v) is 32.9. The zero-order valence-electron chi connectivity index (χ0n) is 56.2. The van der Waals surface area contributed by atoms with E-state index in [-0.39, 0.29) is 62.4 Å². The second-order valence-electron chi connectivity index (χ2n) is 22.3. The van der Waals surface area contributed by atoms with Gasteiger partial charge < -0.3 is 91.5 Å². The van der Waals surface area contributed by atoms with E-state index in [2.05, 4.69) is 24.4 Å².